The number of benzene rings is 3. The molecule has 0 saturated heterocycles. The molecule has 0 aliphatic carbocycles. The van der Waals surface area contributed by atoms with Crippen LogP contribution in [0.25, 0.3) is 0 Å². The molecule has 31 heavy (non-hydrogen) atoms. The number of nitrogens with one attached hydrogen (secondary N) is 1. The molecule has 1 amide bonds. The third kappa shape index (κ3) is 4.99. The Hall–Kier alpha value is -3.49. The van der Waals surface area contributed by atoms with Crippen LogP contribution in [0.4, 0.5) is 5.13 Å². The summed E-state index contributed by atoms with van der Waals surface area (Å²) in [5.41, 5.74) is 2.28. The van der Waals surface area contributed by atoms with E-state index in [0.29, 0.717) is 9.47 Å². The number of carboxylic acid groups (broad SMARTS) is 1. The normalized spacial score (nSPS) is 10.7. The maximum absolute atomic E-state index is 12.6. The Bertz CT molecular complexity index is 1160. The van der Waals surface area contributed by atoms with Crippen molar-refractivity contribution in [3.8, 4) is 0 Å². The van der Waals surface area contributed by atoms with E-state index in [1.54, 1.807) is 23.9 Å². The largest absolute Gasteiger partial charge is 0.478 e. The summed E-state index contributed by atoms with van der Waals surface area (Å²) in [5.74, 6) is -1.69. The Morgan fingerprint density at radius 3 is 1.94 bits per heavy atom. The van der Waals surface area contributed by atoms with Gasteiger partial charge in [-0.2, -0.15) is 0 Å². The average molecular weight is 448 g/mol. The number of aromatic carboxylic acids is 1. The zero-order valence-corrected chi connectivity index (χ0v) is 17.8. The first-order valence-corrected chi connectivity index (χ1v) is 11.0. The first kappa shape index (κ1) is 20.8. The minimum absolute atomic E-state index is 0.0200. The first-order chi connectivity index (χ1) is 15.1. The lowest BCUT2D eigenvalue weighted by Gasteiger charge is -2.15. The topological polar surface area (TPSA) is 92.2 Å². The van der Waals surface area contributed by atoms with Gasteiger partial charge in [0.05, 0.1) is 16.4 Å². The fraction of sp³-hybridized carbons (Fsp3) is 0.0435. The van der Waals surface area contributed by atoms with E-state index in [0.717, 1.165) is 11.1 Å². The van der Waals surface area contributed by atoms with Gasteiger partial charge in [0.25, 0.3) is 5.91 Å². The molecule has 2 N–H and O–H groups in total. The number of hydrogen-bond acceptors (Lipinski definition) is 6. The van der Waals surface area contributed by atoms with Crippen molar-refractivity contribution >= 4 is 40.1 Å². The second-order valence-corrected chi connectivity index (χ2v) is 8.83. The maximum atomic E-state index is 12.6. The molecule has 1 aromatic heterocycles. The summed E-state index contributed by atoms with van der Waals surface area (Å²) in [6, 6.07) is 26.3. The van der Waals surface area contributed by atoms with Crippen molar-refractivity contribution < 1.29 is 14.7 Å². The number of hydrogen-bond donors (Lipinski definition) is 2. The number of carbonyl (C=O) groups is 2. The molecule has 3 aromatic carbocycles. The van der Waals surface area contributed by atoms with Gasteiger partial charge in [-0.25, -0.2) is 4.79 Å². The highest BCUT2D eigenvalue weighted by Crippen LogP contribution is 2.42. The number of carbonyl (C=O) groups excluding carboxylic acids is 1. The highest BCUT2D eigenvalue weighted by molar-refractivity contribution is 8.01. The second-order valence-electron chi connectivity index (χ2n) is 6.50. The molecule has 1 heterocycles. The smallest absolute Gasteiger partial charge is 0.336 e. The number of thioether (sulfide) groups is 1. The summed E-state index contributed by atoms with van der Waals surface area (Å²) < 4.78 is 0.694. The van der Waals surface area contributed by atoms with E-state index in [2.05, 4.69) is 39.8 Å². The predicted octanol–water partition coefficient (Wildman–Crippen LogP) is 5.37. The van der Waals surface area contributed by atoms with Crippen LogP contribution in [-0.2, 0) is 0 Å². The van der Waals surface area contributed by atoms with Crippen LogP contribution in [0, 0.1) is 0 Å². The third-order valence-corrected chi connectivity index (χ3v) is 6.69. The van der Waals surface area contributed by atoms with Gasteiger partial charge in [-0.15, -0.1) is 10.2 Å². The Kier molecular flexibility index (Phi) is 6.40. The van der Waals surface area contributed by atoms with Crippen LogP contribution < -0.4 is 5.32 Å². The van der Waals surface area contributed by atoms with E-state index in [1.807, 2.05) is 36.4 Å². The van der Waals surface area contributed by atoms with Crippen LogP contribution in [0.5, 0.6) is 0 Å². The van der Waals surface area contributed by atoms with Crippen LogP contribution in [0.15, 0.2) is 89.3 Å². The maximum Gasteiger partial charge on any atom is 0.336 e. The van der Waals surface area contributed by atoms with Gasteiger partial charge < -0.3 is 5.11 Å². The van der Waals surface area contributed by atoms with E-state index < -0.39 is 11.9 Å². The number of carboxylic acids is 1. The van der Waals surface area contributed by atoms with Crippen LogP contribution in [-0.4, -0.2) is 27.2 Å². The Labute approximate surface area is 187 Å². The summed E-state index contributed by atoms with van der Waals surface area (Å²) >= 11 is 2.80. The molecule has 0 aliphatic heterocycles. The molecule has 6 nitrogen and oxygen atoms in total. The summed E-state index contributed by atoms with van der Waals surface area (Å²) in [5, 5.41) is 20.6. The lowest BCUT2D eigenvalue weighted by molar-refractivity contribution is 0.0692. The average Bonchev–Trinajstić information content (AvgIpc) is 3.25. The van der Waals surface area contributed by atoms with Gasteiger partial charge in [0.2, 0.25) is 5.13 Å². The predicted molar refractivity (Wildman–Crippen MR) is 122 cm³/mol. The number of aromatic nitrogens is 2. The number of rotatable bonds is 7. The number of anilines is 1. The Balaban J connectivity index is 1.54. The van der Waals surface area contributed by atoms with Crippen molar-refractivity contribution in [1.29, 1.82) is 0 Å². The minimum Gasteiger partial charge on any atom is -0.478 e. The molecule has 0 unspecified atom stereocenters. The monoisotopic (exact) mass is 447 g/mol. The van der Waals surface area contributed by atoms with Crippen molar-refractivity contribution in [3.63, 3.8) is 0 Å². The molecule has 8 heteroatoms. The first-order valence-electron chi connectivity index (χ1n) is 9.35. The zero-order valence-electron chi connectivity index (χ0n) is 16.1. The van der Waals surface area contributed by atoms with Crippen molar-refractivity contribution in [2.45, 2.75) is 9.59 Å². The summed E-state index contributed by atoms with van der Waals surface area (Å²) in [6.07, 6.45) is 0. The lowest BCUT2D eigenvalue weighted by Crippen LogP contribution is -2.16. The van der Waals surface area contributed by atoms with Gasteiger partial charge in [-0.05, 0) is 23.3 Å². The highest BCUT2D eigenvalue weighted by Gasteiger charge is 2.20. The van der Waals surface area contributed by atoms with E-state index in [9.17, 15) is 14.7 Å². The highest BCUT2D eigenvalue weighted by atomic mass is 32.2. The van der Waals surface area contributed by atoms with Crippen LogP contribution >= 0.6 is 23.1 Å². The van der Waals surface area contributed by atoms with Crippen molar-refractivity contribution in [2.24, 2.45) is 0 Å². The molecule has 154 valence electrons. The molecular weight excluding hydrogens is 430 g/mol. The molecule has 0 fully saturated rings. The van der Waals surface area contributed by atoms with Crippen molar-refractivity contribution in [1.82, 2.24) is 10.2 Å². The van der Waals surface area contributed by atoms with Gasteiger partial charge in [0.15, 0.2) is 4.34 Å². The summed E-state index contributed by atoms with van der Waals surface area (Å²) in [6.45, 7) is 0. The van der Waals surface area contributed by atoms with Crippen LogP contribution in [0.1, 0.15) is 37.1 Å². The van der Waals surface area contributed by atoms with Gasteiger partial charge >= 0.3 is 5.97 Å². The quantitative estimate of drug-likeness (QED) is 0.292. The Morgan fingerprint density at radius 1 is 0.806 bits per heavy atom. The number of amides is 1. The van der Waals surface area contributed by atoms with Crippen molar-refractivity contribution in [2.75, 3.05) is 5.32 Å². The van der Waals surface area contributed by atoms with Gasteiger partial charge in [0.1, 0.15) is 0 Å². The molecule has 0 radical (unpaired) electrons. The molecule has 0 spiro atoms. The molecule has 0 saturated carbocycles. The summed E-state index contributed by atoms with van der Waals surface area (Å²) in [7, 11) is 0. The fourth-order valence-electron chi connectivity index (χ4n) is 3.02. The van der Waals surface area contributed by atoms with Crippen molar-refractivity contribution in [3.05, 3.63) is 107 Å². The second kappa shape index (κ2) is 9.55. The van der Waals surface area contributed by atoms with Crippen LogP contribution in [0.3, 0.4) is 0 Å². The standard InChI is InChI=1S/C23H17N3O3S2/c27-20(17-13-7-8-14-18(17)21(28)29)24-22-25-26-23(31-22)30-19(15-9-3-1-4-10-15)16-11-5-2-6-12-16/h1-14,19H,(H,28,29)(H,24,25,27). The molecular formula is C23H17N3O3S2. The van der Waals surface area contributed by atoms with E-state index in [1.165, 1.54) is 23.5 Å². The number of nitrogens with zero attached hydrogens (tertiary/aromatic N) is 2. The summed E-state index contributed by atoms with van der Waals surface area (Å²) in [4.78, 5) is 23.9. The lowest BCUT2D eigenvalue weighted by atomic mass is 10.0. The molecule has 4 rings (SSSR count). The SMILES string of the molecule is O=C(O)c1ccccc1C(=O)Nc1nnc(SC(c2ccccc2)c2ccccc2)s1. The van der Waals surface area contributed by atoms with E-state index in [-0.39, 0.29) is 16.4 Å². The Morgan fingerprint density at radius 2 is 1.35 bits per heavy atom. The van der Waals surface area contributed by atoms with Gasteiger partial charge in [0, 0.05) is 0 Å². The zero-order chi connectivity index (χ0) is 21.6. The minimum atomic E-state index is -1.16. The fourth-order valence-corrected chi connectivity index (χ4v) is 5.09. The molecule has 0 bridgehead atoms. The third-order valence-electron chi connectivity index (χ3n) is 4.45. The van der Waals surface area contributed by atoms with E-state index >= 15 is 0 Å². The molecule has 0 aliphatic rings. The van der Waals surface area contributed by atoms with E-state index in [4.69, 9.17) is 0 Å². The van der Waals surface area contributed by atoms with Gasteiger partial charge in [-0.3, -0.25) is 10.1 Å². The van der Waals surface area contributed by atoms with Crippen LogP contribution in [0.2, 0.25) is 0 Å². The molecule has 0 atom stereocenters. The van der Waals surface area contributed by atoms with Gasteiger partial charge in [-0.1, -0.05) is 95.9 Å². The molecule has 4 aromatic rings.